The van der Waals surface area contributed by atoms with E-state index < -0.39 is 0 Å². The lowest BCUT2D eigenvalue weighted by molar-refractivity contribution is 0.00461. The van der Waals surface area contributed by atoms with Gasteiger partial charge in [-0.1, -0.05) is 19.1 Å². The van der Waals surface area contributed by atoms with Crippen LogP contribution in [0.25, 0.3) is 0 Å². The predicted molar refractivity (Wildman–Crippen MR) is 74.9 cm³/mol. The number of hydrogen-bond acceptors (Lipinski definition) is 4. The summed E-state index contributed by atoms with van der Waals surface area (Å²) in [4.78, 5) is 0. The van der Waals surface area contributed by atoms with Crippen molar-refractivity contribution in [3.8, 4) is 0 Å². The molecule has 0 bridgehead atoms. The first-order valence-corrected chi connectivity index (χ1v) is 7.58. The zero-order valence-corrected chi connectivity index (χ0v) is 12.1. The molecule has 0 radical (unpaired) electrons. The van der Waals surface area contributed by atoms with Crippen molar-refractivity contribution in [1.29, 1.82) is 0 Å². The molecule has 2 heterocycles. The number of nitrogens with zero attached hydrogens (tertiary/aromatic N) is 3. The van der Waals surface area contributed by atoms with Crippen molar-refractivity contribution in [2.45, 2.75) is 64.6 Å². The van der Waals surface area contributed by atoms with Crippen LogP contribution < -0.4 is 5.32 Å². The standard InChI is InChI=1S/C14H26N4O/c1-3-8-18-14(11-16-17-18)13(15-4-2)10-12-7-5-6-9-19-12/h11-13,15H,3-10H2,1-2H3. The molecule has 1 aromatic heterocycles. The third-order valence-electron chi connectivity index (χ3n) is 3.66. The fourth-order valence-corrected chi connectivity index (χ4v) is 2.73. The normalized spacial score (nSPS) is 21.5. The highest BCUT2D eigenvalue weighted by atomic mass is 16.5. The van der Waals surface area contributed by atoms with Gasteiger partial charge in [0.25, 0.3) is 0 Å². The third kappa shape index (κ3) is 4.01. The maximum Gasteiger partial charge on any atom is 0.0757 e. The Morgan fingerprint density at radius 1 is 1.47 bits per heavy atom. The lowest BCUT2D eigenvalue weighted by Crippen LogP contribution is -2.30. The molecule has 5 heteroatoms. The molecule has 1 saturated heterocycles. The van der Waals surface area contributed by atoms with Gasteiger partial charge in [-0.05, 0) is 38.6 Å². The van der Waals surface area contributed by atoms with E-state index in [0.717, 1.165) is 32.5 Å². The van der Waals surface area contributed by atoms with E-state index in [1.54, 1.807) is 0 Å². The Bertz CT molecular complexity index is 360. The van der Waals surface area contributed by atoms with E-state index in [4.69, 9.17) is 4.74 Å². The Kier molecular flexibility index (Phi) is 5.79. The first kappa shape index (κ1) is 14.5. The second kappa shape index (κ2) is 7.60. The van der Waals surface area contributed by atoms with Crippen LogP contribution in [0.15, 0.2) is 6.20 Å². The molecular weight excluding hydrogens is 240 g/mol. The van der Waals surface area contributed by atoms with Crippen LogP contribution in [0.1, 0.15) is 57.7 Å². The molecule has 0 amide bonds. The number of rotatable bonds is 7. The Morgan fingerprint density at radius 3 is 3.05 bits per heavy atom. The lowest BCUT2D eigenvalue weighted by Gasteiger charge is -2.27. The SMILES string of the molecule is CCCn1nncc1C(CC1CCCCO1)NCC. The molecule has 5 nitrogen and oxygen atoms in total. The molecule has 1 N–H and O–H groups in total. The highest BCUT2D eigenvalue weighted by Crippen LogP contribution is 2.24. The van der Waals surface area contributed by atoms with E-state index in [9.17, 15) is 0 Å². The highest BCUT2D eigenvalue weighted by Gasteiger charge is 2.23. The second-order valence-corrected chi connectivity index (χ2v) is 5.22. The van der Waals surface area contributed by atoms with E-state index in [1.165, 1.54) is 25.0 Å². The summed E-state index contributed by atoms with van der Waals surface area (Å²) < 4.78 is 7.89. The number of aryl methyl sites for hydroxylation is 1. The van der Waals surface area contributed by atoms with Crippen molar-refractivity contribution < 1.29 is 4.74 Å². The summed E-state index contributed by atoms with van der Waals surface area (Å²) >= 11 is 0. The minimum Gasteiger partial charge on any atom is -0.378 e. The van der Waals surface area contributed by atoms with Crippen LogP contribution in [0.4, 0.5) is 0 Å². The van der Waals surface area contributed by atoms with Crippen LogP contribution in [-0.4, -0.2) is 34.2 Å². The minimum absolute atomic E-state index is 0.301. The van der Waals surface area contributed by atoms with Crippen LogP contribution in [0.5, 0.6) is 0 Å². The van der Waals surface area contributed by atoms with Crippen LogP contribution in [-0.2, 0) is 11.3 Å². The van der Waals surface area contributed by atoms with Gasteiger partial charge in [-0.25, -0.2) is 4.68 Å². The predicted octanol–water partition coefficient (Wildman–Crippen LogP) is 2.30. The van der Waals surface area contributed by atoms with Gasteiger partial charge < -0.3 is 10.1 Å². The maximum atomic E-state index is 5.86. The summed E-state index contributed by atoms with van der Waals surface area (Å²) in [6, 6.07) is 0.301. The van der Waals surface area contributed by atoms with Crippen LogP contribution in [0.2, 0.25) is 0 Å². The number of ether oxygens (including phenoxy) is 1. The summed E-state index contributed by atoms with van der Waals surface area (Å²) in [6.45, 7) is 7.11. The summed E-state index contributed by atoms with van der Waals surface area (Å²) in [5, 5.41) is 11.8. The van der Waals surface area contributed by atoms with E-state index in [-0.39, 0.29) is 0 Å². The molecule has 2 unspecified atom stereocenters. The quantitative estimate of drug-likeness (QED) is 0.822. The summed E-state index contributed by atoms with van der Waals surface area (Å²) in [7, 11) is 0. The molecule has 0 aliphatic carbocycles. The molecule has 19 heavy (non-hydrogen) atoms. The molecule has 1 aromatic rings. The van der Waals surface area contributed by atoms with Gasteiger partial charge in [-0.3, -0.25) is 0 Å². The van der Waals surface area contributed by atoms with Gasteiger partial charge in [0.05, 0.1) is 24.0 Å². The van der Waals surface area contributed by atoms with Gasteiger partial charge in [-0.15, -0.1) is 5.10 Å². The number of hydrogen-bond donors (Lipinski definition) is 1. The van der Waals surface area contributed by atoms with Crippen LogP contribution in [0, 0.1) is 0 Å². The van der Waals surface area contributed by atoms with E-state index in [1.807, 2.05) is 10.9 Å². The molecular formula is C14H26N4O. The van der Waals surface area contributed by atoms with Gasteiger partial charge in [0, 0.05) is 13.2 Å². The van der Waals surface area contributed by atoms with Gasteiger partial charge in [-0.2, -0.15) is 0 Å². The minimum atomic E-state index is 0.301. The summed E-state index contributed by atoms with van der Waals surface area (Å²) in [5.41, 5.74) is 1.19. The molecule has 0 spiro atoms. The van der Waals surface area contributed by atoms with Crippen molar-refractivity contribution in [3.63, 3.8) is 0 Å². The van der Waals surface area contributed by atoms with Crippen molar-refractivity contribution in [2.24, 2.45) is 0 Å². The molecule has 108 valence electrons. The van der Waals surface area contributed by atoms with Gasteiger partial charge in [0.2, 0.25) is 0 Å². The van der Waals surface area contributed by atoms with E-state index >= 15 is 0 Å². The summed E-state index contributed by atoms with van der Waals surface area (Å²) in [5.74, 6) is 0. The first-order chi connectivity index (χ1) is 9.35. The van der Waals surface area contributed by atoms with Gasteiger partial charge >= 0.3 is 0 Å². The highest BCUT2D eigenvalue weighted by molar-refractivity contribution is 5.03. The molecule has 2 rings (SSSR count). The summed E-state index contributed by atoms with van der Waals surface area (Å²) in [6.07, 6.45) is 8.04. The average molecular weight is 266 g/mol. The zero-order valence-electron chi connectivity index (χ0n) is 12.1. The Hall–Kier alpha value is -0.940. The van der Waals surface area contributed by atoms with Crippen molar-refractivity contribution in [2.75, 3.05) is 13.2 Å². The topological polar surface area (TPSA) is 52.0 Å². The van der Waals surface area contributed by atoms with Crippen LogP contribution in [0.3, 0.4) is 0 Å². The lowest BCUT2D eigenvalue weighted by atomic mass is 10.00. The molecule has 1 fully saturated rings. The Labute approximate surface area is 115 Å². The molecule has 2 atom stereocenters. The number of nitrogens with one attached hydrogen (secondary N) is 1. The average Bonchev–Trinajstić information content (AvgIpc) is 2.88. The molecule has 0 aromatic carbocycles. The molecule has 1 aliphatic rings. The van der Waals surface area contributed by atoms with Crippen molar-refractivity contribution in [1.82, 2.24) is 20.3 Å². The maximum absolute atomic E-state index is 5.86. The fourth-order valence-electron chi connectivity index (χ4n) is 2.73. The zero-order chi connectivity index (χ0) is 13.5. The first-order valence-electron chi connectivity index (χ1n) is 7.58. The second-order valence-electron chi connectivity index (χ2n) is 5.22. The smallest absolute Gasteiger partial charge is 0.0757 e. The third-order valence-corrected chi connectivity index (χ3v) is 3.66. The van der Waals surface area contributed by atoms with Crippen LogP contribution >= 0.6 is 0 Å². The molecule has 0 saturated carbocycles. The fraction of sp³-hybridized carbons (Fsp3) is 0.857. The van der Waals surface area contributed by atoms with Gasteiger partial charge in [0.15, 0.2) is 0 Å². The van der Waals surface area contributed by atoms with Crippen molar-refractivity contribution >= 4 is 0 Å². The molecule has 1 aliphatic heterocycles. The van der Waals surface area contributed by atoms with Crippen molar-refractivity contribution in [3.05, 3.63) is 11.9 Å². The Morgan fingerprint density at radius 2 is 2.37 bits per heavy atom. The largest absolute Gasteiger partial charge is 0.378 e. The Balaban J connectivity index is 2.02. The number of aromatic nitrogens is 3. The monoisotopic (exact) mass is 266 g/mol. The van der Waals surface area contributed by atoms with E-state index in [0.29, 0.717) is 12.1 Å². The van der Waals surface area contributed by atoms with Gasteiger partial charge in [0.1, 0.15) is 0 Å². The van der Waals surface area contributed by atoms with E-state index in [2.05, 4.69) is 29.5 Å².